The standard InChI is InChI=1S/C28H17BN2O2.C28H17BN2OS.C28H17BN2S2.C22H15BN2O/c1-3-11-22-18(8-1)21-16-17-32-28(21)31-24-13-5-4-12-23(24)30(29(22)31)25-14-7-10-20-19-9-2-6-15-26(19)33-27(20)25;1-3-11-22-18(8-1)21-16-17-33-28(21)31-24-13-5-4-12-23(24)30(29(22)31)25-14-7-10-20-19-9-2-6-15-26(19)32-27(20)25;1-3-11-22-18(8-1)21-16-17-32-28(21)31-24-13-5-4-12-23(24)30(29(22)31)25-14-7-10-20-19-9-2-6-15-26(19)33-27(20)25;1-2-8-16(9-3-1)24-20-12-6-7-13-21(20)25-22-18(14-15-26-22)17-10-4-5-11-19(17)23(24)25/h3*1-17H;1-15H. The molecule has 0 saturated heterocycles. The van der Waals surface area contributed by atoms with Crippen LogP contribution in [0, 0.1) is 0 Å². The molecule has 19 heteroatoms. The summed E-state index contributed by atoms with van der Waals surface area (Å²) in [5.74, 6) is 1.80. The predicted molar refractivity (Wildman–Crippen MR) is 525 cm³/mol. The molecule has 8 aliphatic rings. The lowest BCUT2D eigenvalue weighted by atomic mass is 9.60. The van der Waals surface area contributed by atoms with Crippen molar-refractivity contribution in [3.05, 3.63) is 399 Å². The molecule has 12 nitrogen and oxygen atoms in total. The summed E-state index contributed by atoms with van der Waals surface area (Å²) < 4.78 is 27.7. The average Bonchev–Trinajstić information content (AvgIpc) is 1.56. The number of para-hydroxylation sites is 13. The molecule has 8 aliphatic heterocycles. The van der Waals surface area contributed by atoms with Crippen LogP contribution in [0.25, 0.3) is 109 Å². The topological polar surface area (TPSA) is 78.5 Å². The van der Waals surface area contributed by atoms with Crippen LogP contribution in [0.15, 0.2) is 417 Å². The van der Waals surface area contributed by atoms with Crippen molar-refractivity contribution in [3.8, 4) is 44.5 Å². The zero-order valence-corrected chi connectivity index (χ0v) is 69.3. The summed E-state index contributed by atoms with van der Waals surface area (Å²) in [4.78, 5) is 19.5. The van der Waals surface area contributed by atoms with Gasteiger partial charge in [-0.05, 0) is 176 Å². The third-order valence-electron chi connectivity index (χ3n) is 26.1. The van der Waals surface area contributed by atoms with Crippen LogP contribution >= 0.6 is 34.0 Å². The third kappa shape index (κ3) is 10.2. The highest BCUT2D eigenvalue weighted by Crippen LogP contribution is 2.59. The Morgan fingerprint density at radius 3 is 1.02 bits per heavy atom. The zero-order valence-electron chi connectivity index (χ0n) is 66.8. The first-order chi connectivity index (χ1) is 62.1. The molecule has 22 aromatic rings. The molecule has 30 rings (SSSR count). The molecule has 125 heavy (non-hydrogen) atoms. The molecule has 0 fully saturated rings. The lowest BCUT2D eigenvalue weighted by Gasteiger charge is -2.34. The molecule has 15 aromatic carbocycles. The highest BCUT2D eigenvalue weighted by Gasteiger charge is 2.54. The van der Waals surface area contributed by atoms with Crippen molar-refractivity contribution in [1.29, 1.82) is 0 Å². The minimum atomic E-state index is -0.0731. The van der Waals surface area contributed by atoms with Gasteiger partial charge < -0.3 is 56.2 Å². The van der Waals surface area contributed by atoms with Crippen LogP contribution in [0.2, 0.25) is 0 Å². The van der Waals surface area contributed by atoms with Crippen LogP contribution in [0.5, 0.6) is 0 Å². The fourth-order valence-corrected chi connectivity index (χ4v) is 24.2. The molecule has 0 amide bonds. The minimum Gasteiger partial charge on any atom is -0.454 e. The van der Waals surface area contributed by atoms with E-state index < -0.39 is 0 Å². The molecular formula is C106H66B4N8O4S3. The first-order valence-electron chi connectivity index (χ1n) is 42.3. The van der Waals surface area contributed by atoms with E-state index in [0.29, 0.717) is 0 Å². The third-order valence-corrected chi connectivity index (χ3v) is 29.1. The normalized spacial score (nSPS) is 13.9. The predicted octanol–water partition coefficient (Wildman–Crippen LogP) is 26.9. The quantitative estimate of drug-likeness (QED) is 0.158. The first-order valence-corrected chi connectivity index (χ1v) is 44.8. The average molecular weight is 1660 g/mol. The van der Waals surface area contributed by atoms with Crippen LogP contribution in [0.4, 0.5) is 90.0 Å². The minimum absolute atomic E-state index is 0.0311. The number of hydrogen-bond donors (Lipinski definition) is 0. The Hall–Kier alpha value is -15.3. The van der Waals surface area contributed by atoms with Gasteiger partial charge in [-0.15, -0.1) is 34.0 Å². The number of thiophene rings is 3. The molecule has 0 spiro atoms. The molecule has 0 radical (unpaired) electrons. The summed E-state index contributed by atoms with van der Waals surface area (Å²) in [6.45, 7) is 0.102. The van der Waals surface area contributed by atoms with Gasteiger partial charge in [0.25, 0.3) is 0 Å². The monoisotopic (exact) mass is 1650 g/mol. The summed E-state index contributed by atoms with van der Waals surface area (Å²) in [5, 5.41) is 14.3. The lowest BCUT2D eigenvalue weighted by molar-refractivity contribution is 0.577. The number of benzene rings is 15. The van der Waals surface area contributed by atoms with Crippen LogP contribution in [-0.2, 0) is 0 Å². The Morgan fingerprint density at radius 1 is 0.216 bits per heavy atom. The lowest BCUT2D eigenvalue weighted by Crippen LogP contribution is -2.55. The van der Waals surface area contributed by atoms with Crippen molar-refractivity contribution >= 4 is 238 Å². The molecule has 0 bridgehead atoms. The Balaban J connectivity index is 0.0000000872. The van der Waals surface area contributed by atoms with Gasteiger partial charge in [0, 0.05) is 70.6 Å². The van der Waals surface area contributed by atoms with Gasteiger partial charge in [0.15, 0.2) is 22.9 Å². The van der Waals surface area contributed by atoms with Crippen LogP contribution in [0.1, 0.15) is 0 Å². The Bertz CT molecular complexity index is 7550. The SMILES string of the molecule is c1ccc(N2B3c4ccccc4-c4ccoc4N3c3ccccc32)cc1.c1ccc2c(c1)B1N(c3ccccc3N1c1cccc3c1oc1ccccc13)c1occc1-2.c1ccc2c(c1)B1N(c3ccccc3N1c1cccc3c1oc1ccccc13)c1sccc1-2.c1ccc2c(c1)B1N(c3ccccc3N1c1cccc3c1sc1ccccc13)c1sccc1-2. The molecule has 0 aliphatic carbocycles. The van der Waals surface area contributed by atoms with Gasteiger partial charge in [0.2, 0.25) is 0 Å². The van der Waals surface area contributed by atoms with E-state index in [1.165, 1.54) is 131 Å². The highest BCUT2D eigenvalue weighted by atomic mass is 32.1. The highest BCUT2D eigenvalue weighted by molar-refractivity contribution is 7.26. The van der Waals surface area contributed by atoms with Gasteiger partial charge in [-0.25, -0.2) is 0 Å². The number of fused-ring (bicyclic) bond motifs is 41. The van der Waals surface area contributed by atoms with E-state index in [9.17, 15) is 0 Å². The van der Waals surface area contributed by atoms with Crippen molar-refractivity contribution in [3.63, 3.8) is 0 Å². The van der Waals surface area contributed by atoms with Gasteiger partial charge in [-0.1, -0.05) is 255 Å². The van der Waals surface area contributed by atoms with Crippen LogP contribution in [-0.4, -0.2) is 27.9 Å². The molecular weight excluding hydrogens is 1590 g/mol. The van der Waals surface area contributed by atoms with E-state index in [4.69, 9.17) is 17.7 Å². The van der Waals surface area contributed by atoms with Gasteiger partial charge >= 0.3 is 27.9 Å². The largest absolute Gasteiger partial charge is 0.454 e. The Morgan fingerprint density at radius 2 is 0.544 bits per heavy atom. The van der Waals surface area contributed by atoms with Crippen molar-refractivity contribution in [2.24, 2.45) is 0 Å². The van der Waals surface area contributed by atoms with E-state index in [1.54, 1.807) is 12.5 Å². The fraction of sp³-hybridized carbons (Fsp3) is 0. The summed E-state index contributed by atoms with van der Waals surface area (Å²) in [6, 6.07) is 134. The number of furan rings is 4. The van der Waals surface area contributed by atoms with Gasteiger partial charge in [-0.2, -0.15) is 0 Å². The number of anilines is 16. The van der Waals surface area contributed by atoms with E-state index in [1.807, 2.05) is 52.2 Å². The molecule has 7 aromatic heterocycles. The van der Waals surface area contributed by atoms with Crippen LogP contribution < -0.4 is 60.3 Å². The second kappa shape index (κ2) is 27.6. The van der Waals surface area contributed by atoms with E-state index >= 15 is 0 Å². The van der Waals surface area contributed by atoms with Crippen molar-refractivity contribution in [2.45, 2.75) is 0 Å². The maximum Gasteiger partial charge on any atom is 0.423 e. The number of hydrogen-bond acceptors (Lipinski definition) is 15. The second-order valence-corrected chi connectivity index (χ2v) is 35.2. The van der Waals surface area contributed by atoms with Crippen molar-refractivity contribution < 1.29 is 17.7 Å². The Kier molecular flexibility index (Phi) is 15.6. The van der Waals surface area contributed by atoms with E-state index in [2.05, 4.69) is 407 Å². The maximum absolute atomic E-state index is 6.48. The van der Waals surface area contributed by atoms with Crippen LogP contribution in [0.3, 0.4) is 0 Å². The smallest absolute Gasteiger partial charge is 0.423 e. The fourth-order valence-electron chi connectivity index (χ4n) is 21.1. The number of rotatable bonds is 4. The summed E-state index contributed by atoms with van der Waals surface area (Å²) in [6.07, 6.45) is 3.58. The zero-order chi connectivity index (χ0) is 81.6. The molecule has 584 valence electrons. The maximum atomic E-state index is 6.48. The van der Waals surface area contributed by atoms with Crippen molar-refractivity contribution in [2.75, 3.05) is 38.5 Å². The Labute approximate surface area is 732 Å². The van der Waals surface area contributed by atoms with E-state index in [-0.39, 0.29) is 27.9 Å². The van der Waals surface area contributed by atoms with Gasteiger partial charge in [-0.3, -0.25) is 0 Å². The van der Waals surface area contributed by atoms with E-state index in [0.717, 1.165) is 89.5 Å². The van der Waals surface area contributed by atoms with Gasteiger partial charge in [0.1, 0.15) is 11.2 Å². The second-order valence-electron chi connectivity index (χ2n) is 32.4. The molecule has 15 heterocycles. The summed E-state index contributed by atoms with van der Waals surface area (Å²) in [7, 11) is 0. The molecule has 0 atom stereocenters. The molecule has 0 saturated carbocycles. The summed E-state index contributed by atoms with van der Waals surface area (Å²) >= 11 is 5.55. The number of nitrogens with zero attached hydrogens (tertiary/aromatic N) is 8. The molecule has 0 unspecified atom stereocenters. The molecule has 0 N–H and O–H groups in total. The first kappa shape index (κ1) is 70.4. The summed E-state index contributed by atoms with van der Waals surface area (Å²) in [5.41, 5.74) is 33.1. The van der Waals surface area contributed by atoms with Gasteiger partial charge in [0.05, 0.1) is 84.1 Å². The van der Waals surface area contributed by atoms with Crippen molar-refractivity contribution in [1.82, 2.24) is 0 Å².